The lowest BCUT2D eigenvalue weighted by atomic mass is 9.86. The van der Waals surface area contributed by atoms with Crippen LogP contribution in [0.2, 0.25) is 0 Å². The standard InChI is InChI=1S/C19H27N3OS/c1-12(2)17-20-21-18(22(17)7)24-13(3)16(23)14-8-10-15(11-9-14)19(4,5)6/h8-13H,1-7H3. The SMILES string of the molecule is CC(Sc1nnc(C(C)C)n1C)C(=O)c1ccc(C(C)(C)C)cc1. The first-order valence-corrected chi connectivity index (χ1v) is 9.20. The van der Waals surface area contributed by atoms with Gasteiger partial charge in [-0.25, -0.2) is 0 Å². The Morgan fingerprint density at radius 3 is 2.12 bits per heavy atom. The monoisotopic (exact) mass is 345 g/mol. The second-order valence-corrected chi connectivity index (χ2v) is 8.81. The molecule has 0 amide bonds. The zero-order valence-corrected chi connectivity index (χ0v) is 16.4. The van der Waals surface area contributed by atoms with Gasteiger partial charge in [-0.3, -0.25) is 4.79 Å². The normalized spacial score (nSPS) is 13.3. The molecule has 4 nitrogen and oxygen atoms in total. The van der Waals surface area contributed by atoms with Crippen LogP contribution in [-0.4, -0.2) is 25.8 Å². The number of Topliss-reactive ketones (excluding diaryl/α,β-unsaturated/α-hetero) is 1. The van der Waals surface area contributed by atoms with Gasteiger partial charge >= 0.3 is 0 Å². The van der Waals surface area contributed by atoms with Crippen LogP contribution in [0.4, 0.5) is 0 Å². The van der Waals surface area contributed by atoms with Crippen LogP contribution in [0, 0.1) is 0 Å². The largest absolute Gasteiger partial charge is 0.309 e. The molecule has 1 atom stereocenters. The first kappa shape index (κ1) is 18.7. The summed E-state index contributed by atoms with van der Waals surface area (Å²) >= 11 is 1.46. The van der Waals surface area contributed by atoms with Crippen LogP contribution in [0.1, 0.15) is 69.2 Å². The molecule has 1 heterocycles. The summed E-state index contributed by atoms with van der Waals surface area (Å²) in [5.41, 5.74) is 2.07. The first-order valence-electron chi connectivity index (χ1n) is 8.32. The van der Waals surface area contributed by atoms with Crippen molar-refractivity contribution in [3.8, 4) is 0 Å². The number of hydrogen-bond donors (Lipinski definition) is 0. The van der Waals surface area contributed by atoms with Crippen LogP contribution in [0.3, 0.4) is 0 Å². The molecule has 130 valence electrons. The van der Waals surface area contributed by atoms with Gasteiger partial charge in [-0.15, -0.1) is 10.2 Å². The number of aromatic nitrogens is 3. The Kier molecular flexibility index (Phi) is 5.53. The van der Waals surface area contributed by atoms with Gasteiger partial charge in [0, 0.05) is 18.5 Å². The van der Waals surface area contributed by atoms with Crippen LogP contribution in [-0.2, 0) is 12.5 Å². The van der Waals surface area contributed by atoms with Gasteiger partial charge in [-0.2, -0.15) is 0 Å². The van der Waals surface area contributed by atoms with E-state index in [0.29, 0.717) is 5.92 Å². The molecule has 0 saturated carbocycles. The Morgan fingerprint density at radius 1 is 1.08 bits per heavy atom. The number of nitrogens with zero attached hydrogens (tertiary/aromatic N) is 3. The van der Waals surface area contributed by atoms with Crippen molar-refractivity contribution >= 4 is 17.5 Å². The van der Waals surface area contributed by atoms with Crippen molar-refractivity contribution < 1.29 is 4.79 Å². The summed E-state index contributed by atoms with van der Waals surface area (Å²) in [4.78, 5) is 12.7. The predicted molar refractivity (Wildman–Crippen MR) is 99.9 cm³/mol. The molecule has 0 fully saturated rings. The van der Waals surface area contributed by atoms with E-state index in [1.807, 2.05) is 42.8 Å². The molecule has 5 heteroatoms. The molecule has 0 bridgehead atoms. The molecule has 2 aromatic rings. The maximum Gasteiger partial charge on any atom is 0.191 e. The molecule has 0 radical (unpaired) electrons. The fourth-order valence-corrected chi connectivity index (χ4v) is 3.41. The molecule has 1 unspecified atom stereocenters. The molecule has 0 aliphatic rings. The van der Waals surface area contributed by atoms with E-state index < -0.39 is 0 Å². The van der Waals surface area contributed by atoms with Gasteiger partial charge < -0.3 is 4.57 Å². The summed E-state index contributed by atoms with van der Waals surface area (Å²) in [5, 5.41) is 9.03. The summed E-state index contributed by atoms with van der Waals surface area (Å²) in [6.45, 7) is 12.6. The maximum atomic E-state index is 12.7. The molecular weight excluding hydrogens is 318 g/mol. The van der Waals surface area contributed by atoms with Crippen molar-refractivity contribution in [2.24, 2.45) is 7.05 Å². The Hall–Kier alpha value is -1.62. The van der Waals surface area contributed by atoms with Gasteiger partial charge in [0.2, 0.25) is 0 Å². The van der Waals surface area contributed by atoms with Gasteiger partial charge in [-0.1, -0.05) is 70.6 Å². The van der Waals surface area contributed by atoms with E-state index in [-0.39, 0.29) is 16.4 Å². The molecule has 24 heavy (non-hydrogen) atoms. The average Bonchev–Trinajstić information content (AvgIpc) is 2.87. The summed E-state index contributed by atoms with van der Waals surface area (Å²) in [7, 11) is 1.95. The predicted octanol–water partition coefficient (Wildman–Crippen LogP) is 4.60. The molecular formula is C19H27N3OS. The highest BCUT2D eigenvalue weighted by molar-refractivity contribution is 8.00. The van der Waals surface area contributed by atoms with Crippen LogP contribution >= 0.6 is 11.8 Å². The van der Waals surface area contributed by atoms with Gasteiger partial charge in [0.25, 0.3) is 0 Å². The molecule has 1 aromatic heterocycles. The van der Waals surface area contributed by atoms with E-state index in [4.69, 9.17) is 0 Å². The zero-order chi connectivity index (χ0) is 18.1. The first-order chi connectivity index (χ1) is 11.1. The van der Waals surface area contributed by atoms with Crippen LogP contribution in [0.15, 0.2) is 29.4 Å². The quantitative estimate of drug-likeness (QED) is 0.587. The Bertz CT molecular complexity index is 711. The highest BCUT2D eigenvalue weighted by atomic mass is 32.2. The lowest BCUT2D eigenvalue weighted by Gasteiger charge is -2.19. The number of carbonyl (C=O) groups is 1. The Balaban J connectivity index is 2.12. The van der Waals surface area contributed by atoms with E-state index in [1.165, 1.54) is 17.3 Å². The summed E-state index contributed by atoms with van der Waals surface area (Å²) < 4.78 is 1.97. The van der Waals surface area contributed by atoms with Crippen molar-refractivity contribution in [3.05, 3.63) is 41.2 Å². The highest BCUT2D eigenvalue weighted by Gasteiger charge is 2.21. The van der Waals surface area contributed by atoms with Gasteiger partial charge in [0.15, 0.2) is 10.9 Å². The van der Waals surface area contributed by atoms with Crippen molar-refractivity contribution in [3.63, 3.8) is 0 Å². The lowest BCUT2D eigenvalue weighted by molar-refractivity contribution is 0.0994. The van der Waals surface area contributed by atoms with E-state index in [0.717, 1.165) is 16.5 Å². The molecule has 2 rings (SSSR count). The fourth-order valence-electron chi connectivity index (χ4n) is 2.51. The molecule has 0 saturated heterocycles. The van der Waals surface area contributed by atoms with Crippen LogP contribution in [0.25, 0.3) is 0 Å². The summed E-state index contributed by atoms with van der Waals surface area (Å²) in [6, 6.07) is 7.94. The van der Waals surface area contributed by atoms with Crippen molar-refractivity contribution in [1.29, 1.82) is 0 Å². The van der Waals surface area contributed by atoms with Crippen LogP contribution < -0.4 is 0 Å². The third-order valence-electron chi connectivity index (χ3n) is 4.07. The van der Waals surface area contributed by atoms with E-state index in [1.54, 1.807) is 0 Å². The number of carbonyl (C=O) groups excluding carboxylic acids is 1. The minimum Gasteiger partial charge on any atom is -0.309 e. The number of ketones is 1. The van der Waals surface area contributed by atoms with Crippen molar-refractivity contribution in [1.82, 2.24) is 14.8 Å². The average molecular weight is 346 g/mol. The minimum atomic E-state index is -0.201. The van der Waals surface area contributed by atoms with Gasteiger partial charge in [0.05, 0.1) is 5.25 Å². The molecule has 0 spiro atoms. The molecule has 0 N–H and O–H groups in total. The van der Waals surface area contributed by atoms with Gasteiger partial charge in [0.1, 0.15) is 5.82 Å². The second kappa shape index (κ2) is 7.09. The Morgan fingerprint density at radius 2 is 1.67 bits per heavy atom. The summed E-state index contributed by atoms with van der Waals surface area (Å²) in [6.07, 6.45) is 0. The number of hydrogen-bond acceptors (Lipinski definition) is 4. The highest BCUT2D eigenvalue weighted by Crippen LogP contribution is 2.27. The molecule has 0 aliphatic carbocycles. The minimum absolute atomic E-state index is 0.0911. The number of benzene rings is 1. The third kappa shape index (κ3) is 4.07. The van der Waals surface area contributed by atoms with Crippen molar-refractivity contribution in [2.45, 2.75) is 63.3 Å². The van der Waals surface area contributed by atoms with E-state index in [2.05, 4.69) is 44.8 Å². The molecule has 0 aliphatic heterocycles. The van der Waals surface area contributed by atoms with Crippen LogP contribution in [0.5, 0.6) is 0 Å². The topological polar surface area (TPSA) is 47.8 Å². The fraction of sp³-hybridized carbons (Fsp3) is 0.526. The third-order valence-corrected chi connectivity index (χ3v) is 5.21. The molecule has 1 aromatic carbocycles. The smallest absolute Gasteiger partial charge is 0.191 e. The summed E-state index contributed by atoms with van der Waals surface area (Å²) in [5.74, 6) is 1.37. The maximum absolute atomic E-state index is 12.7. The zero-order valence-electron chi connectivity index (χ0n) is 15.6. The van der Waals surface area contributed by atoms with Crippen molar-refractivity contribution in [2.75, 3.05) is 0 Å². The Labute approximate surface area is 149 Å². The van der Waals surface area contributed by atoms with Gasteiger partial charge in [-0.05, 0) is 17.9 Å². The second-order valence-electron chi connectivity index (χ2n) is 7.51. The number of thioether (sulfide) groups is 1. The van der Waals surface area contributed by atoms with E-state index >= 15 is 0 Å². The number of rotatable bonds is 5. The van der Waals surface area contributed by atoms with E-state index in [9.17, 15) is 4.79 Å². The lowest BCUT2D eigenvalue weighted by Crippen LogP contribution is -2.16.